The van der Waals surface area contributed by atoms with Crippen molar-refractivity contribution < 1.29 is 4.74 Å². The molecule has 0 aliphatic rings. The van der Waals surface area contributed by atoms with E-state index in [4.69, 9.17) is 27.9 Å². The summed E-state index contributed by atoms with van der Waals surface area (Å²) in [5.74, 6) is 0.816. The summed E-state index contributed by atoms with van der Waals surface area (Å²) in [7, 11) is 1.65. The Hall–Kier alpha value is -1.29. The summed E-state index contributed by atoms with van der Waals surface area (Å²) in [5, 5.41) is 4.71. The molecule has 1 atom stereocenters. The van der Waals surface area contributed by atoms with Gasteiger partial charge in [0.2, 0.25) is 0 Å². The first-order valence-electron chi connectivity index (χ1n) is 6.69. The van der Waals surface area contributed by atoms with Gasteiger partial charge in [0.1, 0.15) is 5.75 Å². The lowest BCUT2D eigenvalue weighted by atomic mass is 10.1. The van der Waals surface area contributed by atoms with Gasteiger partial charge >= 0.3 is 0 Å². The number of pyridine rings is 1. The molecule has 0 saturated carbocycles. The lowest BCUT2D eigenvalue weighted by Crippen LogP contribution is -2.19. The number of benzene rings is 1. The molecule has 0 aliphatic heterocycles. The van der Waals surface area contributed by atoms with Crippen molar-refractivity contribution in [3.05, 3.63) is 57.3 Å². The van der Waals surface area contributed by atoms with Gasteiger partial charge in [-0.05, 0) is 31.5 Å². The minimum Gasteiger partial charge on any atom is -0.497 e. The molecule has 0 radical (unpaired) electrons. The summed E-state index contributed by atoms with van der Waals surface area (Å²) in [6, 6.07) is 9.47. The first-order chi connectivity index (χ1) is 9.99. The van der Waals surface area contributed by atoms with Crippen molar-refractivity contribution in [3.63, 3.8) is 0 Å². The van der Waals surface area contributed by atoms with Gasteiger partial charge in [-0.2, -0.15) is 0 Å². The number of ether oxygens (including phenoxy) is 1. The first kappa shape index (κ1) is 16.1. The third-order valence-electron chi connectivity index (χ3n) is 3.23. The number of aryl methyl sites for hydroxylation is 1. The average Bonchev–Trinajstić information content (AvgIpc) is 2.44. The van der Waals surface area contributed by atoms with Crippen LogP contribution in [0, 0.1) is 6.92 Å². The quantitative estimate of drug-likeness (QED) is 0.875. The molecule has 1 unspecified atom stereocenters. The van der Waals surface area contributed by atoms with Crippen LogP contribution in [0.2, 0.25) is 10.0 Å². The Labute approximate surface area is 135 Å². The van der Waals surface area contributed by atoms with Crippen molar-refractivity contribution in [2.75, 3.05) is 7.11 Å². The van der Waals surface area contributed by atoms with E-state index in [1.165, 1.54) is 0 Å². The van der Waals surface area contributed by atoms with Crippen LogP contribution < -0.4 is 10.1 Å². The molecular weight excluding hydrogens is 307 g/mol. The average molecular weight is 325 g/mol. The van der Waals surface area contributed by atoms with Gasteiger partial charge in [-0.25, -0.2) is 0 Å². The van der Waals surface area contributed by atoms with Gasteiger partial charge in [-0.1, -0.05) is 29.3 Å². The van der Waals surface area contributed by atoms with Crippen molar-refractivity contribution >= 4 is 23.2 Å². The molecule has 0 fully saturated rings. The number of methoxy groups -OCH3 is 1. The number of rotatable bonds is 5. The van der Waals surface area contributed by atoms with Crippen LogP contribution in [0.5, 0.6) is 5.75 Å². The Morgan fingerprint density at radius 2 is 2.00 bits per heavy atom. The number of aromatic nitrogens is 1. The third-order valence-corrected chi connectivity index (χ3v) is 3.80. The van der Waals surface area contributed by atoms with Gasteiger partial charge in [-0.15, -0.1) is 0 Å². The SMILES string of the molecule is COc1cc(C)nc(CNC(C)c2ccc(Cl)cc2Cl)c1. The summed E-state index contributed by atoms with van der Waals surface area (Å²) in [4.78, 5) is 4.49. The Bertz CT molecular complexity index is 632. The van der Waals surface area contributed by atoms with Gasteiger partial charge < -0.3 is 10.1 Å². The highest BCUT2D eigenvalue weighted by Crippen LogP contribution is 2.26. The molecule has 3 nitrogen and oxygen atoms in total. The van der Waals surface area contributed by atoms with Crippen LogP contribution in [0.1, 0.15) is 29.9 Å². The third kappa shape index (κ3) is 4.34. The fraction of sp³-hybridized carbons (Fsp3) is 0.312. The molecule has 0 aliphatic carbocycles. The molecule has 1 heterocycles. The van der Waals surface area contributed by atoms with Crippen LogP contribution in [0.25, 0.3) is 0 Å². The lowest BCUT2D eigenvalue weighted by molar-refractivity contribution is 0.412. The topological polar surface area (TPSA) is 34.1 Å². The molecule has 0 spiro atoms. The van der Waals surface area contributed by atoms with Crippen LogP contribution in [-0.4, -0.2) is 12.1 Å². The molecule has 21 heavy (non-hydrogen) atoms. The minimum absolute atomic E-state index is 0.100. The second-order valence-electron chi connectivity index (χ2n) is 4.91. The second kappa shape index (κ2) is 7.12. The molecule has 0 amide bonds. The summed E-state index contributed by atoms with van der Waals surface area (Å²) < 4.78 is 5.26. The number of hydrogen-bond donors (Lipinski definition) is 1. The molecule has 1 aromatic heterocycles. The van der Waals surface area contributed by atoms with Crippen molar-refractivity contribution in [1.29, 1.82) is 0 Å². The molecule has 0 bridgehead atoms. The molecule has 5 heteroatoms. The van der Waals surface area contributed by atoms with Crippen molar-refractivity contribution in [2.45, 2.75) is 26.4 Å². The molecule has 1 aromatic carbocycles. The van der Waals surface area contributed by atoms with E-state index in [9.17, 15) is 0 Å². The van der Waals surface area contributed by atoms with Gasteiger partial charge in [0.15, 0.2) is 0 Å². The molecule has 1 N–H and O–H groups in total. The van der Waals surface area contributed by atoms with Crippen molar-refractivity contribution in [1.82, 2.24) is 10.3 Å². The summed E-state index contributed by atoms with van der Waals surface area (Å²) in [6.45, 7) is 4.64. The zero-order chi connectivity index (χ0) is 15.4. The van der Waals surface area contributed by atoms with E-state index in [1.807, 2.05) is 31.2 Å². The number of halogens is 2. The van der Waals surface area contributed by atoms with E-state index in [0.717, 1.165) is 22.7 Å². The van der Waals surface area contributed by atoms with Gasteiger partial charge in [0.05, 0.1) is 12.8 Å². The van der Waals surface area contributed by atoms with Crippen LogP contribution in [0.15, 0.2) is 30.3 Å². The number of hydrogen-bond acceptors (Lipinski definition) is 3. The van der Waals surface area contributed by atoms with Gasteiger partial charge in [0.25, 0.3) is 0 Å². The monoisotopic (exact) mass is 324 g/mol. The molecule has 112 valence electrons. The molecule has 2 rings (SSSR count). The van der Waals surface area contributed by atoms with Crippen molar-refractivity contribution in [2.24, 2.45) is 0 Å². The Morgan fingerprint density at radius 3 is 2.67 bits per heavy atom. The summed E-state index contributed by atoms with van der Waals surface area (Å²) in [5.41, 5.74) is 2.88. The summed E-state index contributed by atoms with van der Waals surface area (Å²) >= 11 is 12.1. The largest absolute Gasteiger partial charge is 0.497 e. The maximum absolute atomic E-state index is 6.22. The Balaban J connectivity index is 2.07. The zero-order valence-electron chi connectivity index (χ0n) is 12.3. The molecular formula is C16H18Cl2N2O. The minimum atomic E-state index is 0.100. The van der Waals surface area contributed by atoms with Crippen LogP contribution in [-0.2, 0) is 6.54 Å². The maximum atomic E-state index is 6.22. The second-order valence-corrected chi connectivity index (χ2v) is 5.75. The Morgan fingerprint density at radius 1 is 1.24 bits per heavy atom. The molecule has 0 saturated heterocycles. The predicted molar refractivity (Wildman–Crippen MR) is 87.2 cm³/mol. The standard InChI is InChI=1S/C16H18Cl2N2O/c1-10-6-14(21-3)8-13(20-10)9-19-11(2)15-5-4-12(17)7-16(15)18/h4-8,11,19H,9H2,1-3H3. The van der Waals surface area contributed by atoms with Gasteiger partial charge in [0, 0.05) is 40.5 Å². The first-order valence-corrected chi connectivity index (χ1v) is 7.45. The Kier molecular flexibility index (Phi) is 5.45. The fourth-order valence-electron chi connectivity index (χ4n) is 2.13. The van der Waals surface area contributed by atoms with E-state index in [2.05, 4.69) is 17.2 Å². The van der Waals surface area contributed by atoms with E-state index in [0.29, 0.717) is 16.6 Å². The number of nitrogens with zero attached hydrogens (tertiary/aromatic N) is 1. The number of nitrogens with one attached hydrogen (secondary N) is 1. The van der Waals surface area contributed by atoms with Crippen LogP contribution >= 0.6 is 23.2 Å². The van der Waals surface area contributed by atoms with Crippen molar-refractivity contribution in [3.8, 4) is 5.75 Å². The highest BCUT2D eigenvalue weighted by Gasteiger charge is 2.10. The van der Waals surface area contributed by atoms with Gasteiger partial charge in [-0.3, -0.25) is 4.98 Å². The van der Waals surface area contributed by atoms with E-state index >= 15 is 0 Å². The fourth-order valence-corrected chi connectivity index (χ4v) is 2.70. The highest BCUT2D eigenvalue weighted by atomic mass is 35.5. The van der Waals surface area contributed by atoms with Crippen LogP contribution in [0.4, 0.5) is 0 Å². The highest BCUT2D eigenvalue weighted by molar-refractivity contribution is 6.35. The summed E-state index contributed by atoms with van der Waals surface area (Å²) in [6.07, 6.45) is 0. The molecule has 2 aromatic rings. The smallest absolute Gasteiger partial charge is 0.122 e. The maximum Gasteiger partial charge on any atom is 0.122 e. The zero-order valence-corrected chi connectivity index (χ0v) is 13.8. The lowest BCUT2D eigenvalue weighted by Gasteiger charge is -2.16. The predicted octanol–water partition coefficient (Wildman–Crippen LogP) is 4.56. The van der Waals surface area contributed by atoms with Crippen LogP contribution in [0.3, 0.4) is 0 Å². The van der Waals surface area contributed by atoms with E-state index in [-0.39, 0.29) is 6.04 Å². The van der Waals surface area contributed by atoms with E-state index < -0.39 is 0 Å². The normalized spacial score (nSPS) is 12.2. The van der Waals surface area contributed by atoms with E-state index in [1.54, 1.807) is 13.2 Å².